The van der Waals surface area contributed by atoms with Crippen molar-refractivity contribution in [3.63, 3.8) is 0 Å². The Morgan fingerprint density at radius 3 is 2.26 bits per heavy atom. The topological polar surface area (TPSA) is 24.8 Å². The number of hydrogen-bond acceptors (Lipinski definition) is 3. The van der Waals surface area contributed by atoms with Crippen LogP contribution in [0, 0.1) is 0 Å². The molecule has 0 aliphatic carbocycles. The molecule has 3 nitrogen and oxygen atoms in total. The summed E-state index contributed by atoms with van der Waals surface area (Å²) in [4.78, 5) is 0. The molecule has 0 aromatic heterocycles. The van der Waals surface area contributed by atoms with Crippen LogP contribution < -0.4 is 4.74 Å². The molecule has 2 aromatic carbocycles. The van der Waals surface area contributed by atoms with Gasteiger partial charge >= 0.3 is 0 Å². The zero-order valence-corrected chi connectivity index (χ0v) is 13.5. The summed E-state index contributed by atoms with van der Waals surface area (Å²) in [5.41, 5.74) is 2.29. The summed E-state index contributed by atoms with van der Waals surface area (Å²) in [5.74, 6) is 0.890. The van der Waals surface area contributed by atoms with Crippen LogP contribution in [-0.2, 0) is 6.61 Å². The highest BCUT2D eigenvalue weighted by Gasteiger charge is 2.05. The molecule has 3 rings (SSSR count). The van der Waals surface area contributed by atoms with Gasteiger partial charge in [0.05, 0.1) is 6.21 Å². The average Bonchev–Trinajstić information content (AvgIpc) is 2.89. The summed E-state index contributed by atoms with van der Waals surface area (Å²) in [6.45, 7) is 2.76. The molecule has 1 heterocycles. The van der Waals surface area contributed by atoms with Gasteiger partial charge in [-0.15, -0.1) is 0 Å². The molecule has 0 N–H and O–H groups in total. The predicted molar refractivity (Wildman–Crippen MR) is 94.9 cm³/mol. The lowest BCUT2D eigenvalue weighted by atomic mass is 10.2. The summed E-state index contributed by atoms with van der Waals surface area (Å²) in [5, 5.41) is 6.79. The molecule has 0 unspecified atom stereocenters. The Hall–Kier alpha value is -2.29. The predicted octanol–water partition coefficient (Wildman–Crippen LogP) is 4.48. The second-order valence-electron chi connectivity index (χ2n) is 5.96. The molecule has 0 saturated carbocycles. The van der Waals surface area contributed by atoms with E-state index in [1.54, 1.807) is 0 Å². The van der Waals surface area contributed by atoms with Crippen molar-refractivity contribution in [2.24, 2.45) is 5.10 Å². The van der Waals surface area contributed by atoms with Crippen molar-refractivity contribution in [1.82, 2.24) is 5.01 Å². The molecule has 120 valence electrons. The minimum Gasteiger partial charge on any atom is -0.489 e. The first-order chi connectivity index (χ1) is 11.4. The molecular weight excluding hydrogens is 284 g/mol. The number of nitrogens with zero attached hydrogens (tertiary/aromatic N) is 2. The second-order valence-corrected chi connectivity index (χ2v) is 5.96. The van der Waals surface area contributed by atoms with E-state index >= 15 is 0 Å². The molecule has 0 atom stereocenters. The van der Waals surface area contributed by atoms with Crippen LogP contribution in [-0.4, -0.2) is 24.3 Å². The molecule has 23 heavy (non-hydrogen) atoms. The summed E-state index contributed by atoms with van der Waals surface area (Å²) < 4.78 is 5.80. The molecule has 1 aliphatic rings. The average molecular weight is 308 g/mol. The van der Waals surface area contributed by atoms with Crippen molar-refractivity contribution in [2.75, 3.05) is 13.1 Å². The molecule has 2 aromatic rings. The quantitative estimate of drug-likeness (QED) is 0.761. The Morgan fingerprint density at radius 1 is 0.870 bits per heavy atom. The fraction of sp³-hybridized carbons (Fsp3) is 0.350. The van der Waals surface area contributed by atoms with Gasteiger partial charge in [0, 0.05) is 13.1 Å². The molecule has 3 heteroatoms. The van der Waals surface area contributed by atoms with Crippen molar-refractivity contribution in [3.8, 4) is 5.75 Å². The Kier molecular flexibility index (Phi) is 5.68. The van der Waals surface area contributed by atoms with Crippen LogP contribution in [0.1, 0.15) is 36.8 Å². The van der Waals surface area contributed by atoms with Gasteiger partial charge in [-0.2, -0.15) is 5.10 Å². The minimum absolute atomic E-state index is 0.599. The van der Waals surface area contributed by atoms with E-state index < -0.39 is 0 Å². The molecule has 1 saturated heterocycles. The third-order valence-electron chi connectivity index (χ3n) is 4.08. The summed E-state index contributed by atoms with van der Waals surface area (Å²) in [6.07, 6.45) is 7.12. The van der Waals surface area contributed by atoms with E-state index in [1.807, 2.05) is 36.5 Å². The number of hydrazone groups is 1. The second kappa shape index (κ2) is 8.37. The van der Waals surface area contributed by atoms with Crippen molar-refractivity contribution in [2.45, 2.75) is 32.3 Å². The van der Waals surface area contributed by atoms with Crippen LogP contribution >= 0.6 is 0 Å². The number of rotatable bonds is 5. The zero-order valence-electron chi connectivity index (χ0n) is 13.5. The van der Waals surface area contributed by atoms with Gasteiger partial charge in [0.1, 0.15) is 12.4 Å². The van der Waals surface area contributed by atoms with Crippen LogP contribution in [0.4, 0.5) is 0 Å². The first-order valence-electron chi connectivity index (χ1n) is 8.46. The number of hydrogen-bond donors (Lipinski definition) is 0. The van der Waals surface area contributed by atoms with Crippen LogP contribution in [0.15, 0.2) is 59.7 Å². The van der Waals surface area contributed by atoms with E-state index in [-0.39, 0.29) is 0 Å². The van der Waals surface area contributed by atoms with Crippen LogP contribution in [0.2, 0.25) is 0 Å². The highest BCUT2D eigenvalue weighted by atomic mass is 16.5. The molecular formula is C20H24N2O. The summed E-state index contributed by atoms with van der Waals surface area (Å²) >= 11 is 0. The molecule has 1 fully saturated rings. The van der Waals surface area contributed by atoms with Crippen molar-refractivity contribution in [1.29, 1.82) is 0 Å². The smallest absolute Gasteiger partial charge is 0.119 e. The molecule has 1 aliphatic heterocycles. The fourth-order valence-electron chi connectivity index (χ4n) is 2.71. The third-order valence-corrected chi connectivity index (χ3v) is 4.08. The van der Waals surface area contributed by atoms with Gasteiger partial charge in [0.15, 0.2) is 0 Å². The largest absolute Gasteiger partial charge is 0.489 e. The fourth-order valence-corrected chi connectivity index (χ4v) is 2.71. The molecule has 0 radical (unpaired) electrons. The van der Waals surface area contributed by atoms with Crippen molar-refractivity contribution >= 4 is 6.21 Å². The normalized spacial score (nSPS) is 15.6. The van der Waals surface area contributed by atoms with Crippen LogP contribution in [0.25, 0.3) is 0 Å². The lowest BCUT2D eigenvalue weighted by Crippen LogP contribution is -2.18. The minimum atomic E-state index is 0.599. The van der Waals surface area contributed by atoms with Crippen LogP contribution in [0.5, 0.6) is 5.75 Å². The Labute approximate surface area is 138 Å². The summed E-state index contributed by atoms with van der Waals surface area (Å²) in [6, 6.07) is 18.3. The molecule has 0 amide bonds. The SMILES string of the molecule is C(=NN1CCCCCC1)c1ccc(OCc2ccccc2)cc1. The van der Waals surface area contributed by atoms with Crippen molar-refractivity contribution in [3.05, 3.63) is 65.7 Å². The third kappa shape index (κ3) is 5.13. The van der Waals surface area contributed by atoms with E-state index in [0.29, 0.717) is 6.61 Å². The summed E-state index contributed by atoms with van der Waals surface area (Å²) in [7, 11) is 0. The van der Waals surface area contributed by atoms with Gasteiger partial charge in [0.2, 0.25) is 0 Å². The zero-order chi connectivity index (χ0) is 15.7. The molecule has 0 bridgehead atoms. The van der Waals surface area contributed by atoms with E-state index in [1.165, 1.54) is 31.2 Å². The lowest BCUT2D eigenvalue weighted by Gasteiger charge is -2.15. The molecule has 0 spiro atoms. The van der Waals surface area contributed by atoms with Gasteiger partial charge < -0.3 is 4.74 Å². The first kappa shape index (κ1) is 15.6. The van der Waals surface area contributed by atoms with Gasteiger partial charge in [-0.3, -0.25) is 5.01 Å². The Bertz CT molecular complexity index is 599. The Morgan fingerprint density at radius 2 is 1.57 bits per heavy atom. The van der Waals surface area contributed by atoms with E-state index in [2.05, 4.69) is 34.4 Å². The van der Waals surface area contributed by atoms with Gasteiger partial charge in [-0.25, -0.2) is 0 Å². The highest BCUT2D eigenvalue weighted by Crippen LogP contribution is 2.14. The number of benzene rings is 2. The van der Waals surface area contributed by atoms with Crippen LogP contribution in [0.3, 0.4) is 0 Å². The van der Waals surface area contributed by atoms with Gasteiger partial charge in [-0.05, 0) is 48.2 Å². The Balaban J connectivity index is 1.52. The van der Waals surface area contributed by atoms with Gasteiger partial charge in [0.25, 0.3) is 0 Å². The first-order valence-corrected chi connectivity index (χ1v) is 8.46. The van der Waals surface area contributed by atoms with E-state index in [4.69, 9.17) is 4.74 Å². The highest BCUT2D eigenvalue weighted by molar-refractivity contribution is 5.79. The maximum Gasteiger partial charge on any atom is 0.119 e. The van der Waals surface area contributed by atoms with Gasteiger partial charge in [-0.1, -0.05) is 43.2 Å². The van der Waals surface area contributed by atoms with Crippen molar-refractivity contribution < 1.29 is 4.74 Å². The lowest BCUT2D eigenvalue weighted by molar-refractivity contribution is 0.302. The van der Waals surface area contributed by atoms with E-state index in [0.717, 1.165) is 24.4 Å². The maximum atomic E-state index is 5.80. The monoisotopic (exact) mass is 308 g/mol. The van der Waals surface area contributed by atoms with E-state index in [9.17, 15) is 0 Å². The maximum absolute atomic E-state index is 5.80. The standard InChI is InChI=1S/C20H24N2O/c1-2-7-15-22(14-6-1)21-16-18-10-12-20(13-11-18)23-17-19-8-4-3-5-9-19/h3-5,8-13,16H,1-2,6-7,14-15,17H2. The number of ether oxygens (including phenoxy) is 1.